The van der Waals surface area contributed by atoms with Crippen molar-refractivity contribution in [3.63, 3.8) is 0 Å². The molecule has 1 fully saturated rings. The smallest absolute Gasteiger partial charge is 0.253 e. The van der Waals surface area contributed by atoms with E-state index in [2.05, 4.69) is 15.3 Å². The number of carbonyl (C=O) groups is 1. The molecule has 9 nitrogen and oxygen atoms in total. The first-order chi connectivity index (χ1) is 15.3. The van der Waals surface area contributed by atoms with Gasteiger partial charge in [0.1, 0.15) is 30.3 Å². The normalized spacial score (nSPS) is 18.5. The van der Waals surface area contributed by atoms with Crippen molar-refractivity contribution in [2.24, 2.45) is 0 Å². The number of aromatic nitrogens is 2. The molecular formula is C23H34N6O3. The van der Waals surface area contributed by atoms with Crippen LogP contribution in [0.15, 0.2) is 36.7 Å². The predicted octanol–water partition coefficient (Wildman–Crippen LogP) is 1.56. The number of anilines is 2. The number of aliphatic hydroxyl groups is 1. The van der Waals surface area contributed by atoms with Gasteiger partial charge in [-0.15, -0.1) is 0 Å². The van der Waals surface area contributed by atoms with Crippen molar-refractivity contribution >= 4 is 17.5 Å². The molecule has 32 heavy (non-hydrogen) atoms. The van der Waals surface area contributed by atoms with Crippen molar-refractivity contribution in [1.82, 2.24) is 19.8 Å². The SMILES string of the molecule is CNc1cc(N2CCC[C@](O)(CN(C)C(=O)c3ccc(OCCN(C)C)cc3)C2)ncn1. The summed E-state index contributed by atoms with van der Waals surface area (Å²) in [6.07, 6.45) is 2.96. The molecule has 9 heteroatoms. The molecular weight excluding hydrogens is 408 g/mol. The van der Waals surface area contributed by atoms with E-state index in [9.17, 15) is 9.90 Å². The van der Waals surface area contributed by atoms with Gasteiger partial charge in [-0.1, -0.05) is 0 Å². The van der Waals surface area contributed by atoms with Crippen LogP contribution >= 0.6 is 0 Å². The number of β-amino-alcohol motifs (C(OH)–C–C–N with tert-alkyl or cyclic N) is 1. The third kappa shape index (κ3) is 6.30. The Morgan fingerprint density at radius 1 is 1.25 bits per heavy atom. The second-order valence-corrected chi connectivity index (χ2v) is 8.60. The highest BCUT2D eigenvalue weighted by atomic mass is 16.5. The summed E-state index contributed by atoms with van der Waals surface area (Å²) in [4.78, 5) is 27.1. The second-order valence-electron chi connectivity index (χ2n) is 8.60. The average Bonchev–Trinajstić information content (AvgIpc) is 2.78. The van der Waals surface area contributed by atoms with Gasteiger partial charge in [-0.2, -0.15) is 0 Å². The zero-order valence-electron chi connectivity index (χ0n) is 19.4. The van der Waals surface area contributed by atoms with Crippen molar-refractivity contribution in [2.45, 2.75) is 18.4 Å². The Bertz CT molecular complexity index is 892. The Morgan fingerprint density at radius 3 is 2.69 bits per heavy atom. The minimum atomic E-state index is -1.01. The summed E-state index contributed by atoms with van der Waals surface area (Å²) in [6, 6.07) is 9.01. The maximum atomic E-state index is 12.9. The number of ether oxygens (including phenoxy) is 1. The van der Waals surface area contributed by atoms with Gasteiger partial charge in [-0.25, -0.2) is 9.97 Å². The van der Waals surface area contributed by atoms with E-state index in [1.54, 1.807) is 24.1 Å². The molecule has 174 valence electrons. The number of benzene rings is 1. The van der Waals surface area contributed by atoms with Crippen molar-refractivity contribution in [3.05, 3.63) is 42.2 Å². The van der Waals surface area contributed by atoms with Gasteiger partial charge >= 0.3 is 0 Å². The van der Waals surface area contributed by atoms with Gasteiger partial charge in [-0.3, -0.25) is 4.79 Å². The minimum absolute atomic E-state index is 0.130. The molecule has 1 atom stereocenters. The Morgan fingerprint density at radius 2 is 2.00 bits per heavy atom. The highest BCUT2D eigenvalue weighted by Crippen LogP contribution is 2.27. The van der Waals surface area contributed by atoms with E-state index >= 15 is 0 Å². The summed E-state index contributed by atoms with van der Waals surface area (Å²) < 4.78 is 5.69. The fourth-order valence-corrected chi connectivity index (χ4v) is 3.87. The zero-order valence-corrected chi connectivity index (χ0v) is 19.4. The average molecular weight is 443 g/mol. The van der Waals surface area contributed by atoms with Gasteiger partial charge in [0.2, 0.25) is 0 Å². The zero-order chi connectivity index (χ0) is 23.1. The van der Waals surface area contributed by atoms with Crippen LogP contribution in [0.4, 0.5) is 11.6 Å². The summed E-state index contributed by atoms with van der Waals surface area (Å²) in [5, 5.41) is 14.3. The molecule has 0 radical (unpaired) electrons. The lowest BCUT2D eigenvalue weighted by molar-refractivity contribution is -0.000137. The Labute approximate surface area is 190 Å². The molecule has 0 bridgehead atoms. The fraction of sp³-hybridized carbons (Fsp3) is 0.522. The molecule has 0 saturated carbocycles. The van der Waals surface area contributed by atoms with E-state index in [0.717, 1.165) is 36.9 Å². The molecule has 1 amide bonds. The van der Waals surface area contributed by atoms with E-state index in [-0.39, 0.29) is 12.5 Å². The molecule has 2 aromatic rings. The monoisotopic (exact) mass is 442 g/mol. The predicted molar refractivity (Wildman–Crippen MR) is 125 cm³/mol. The molecule has 1 aliphatic rings. The van der Waals surface area contributed by atoms with Crippen molar-refractivity contribution < 1.29 is 14.6 Å². The molecule has 2 heterocycles. The van der Waals surface area contributed by atoms with E-state index in [4.69, 9.17) is 4.74 Å². The summed E-state index contributed by atoms with van der Waals surface area (Å²) >= 11 is 0. The second kappa shape index (κ2) is 10.6. The maximum absolute atomic E-state index is 12.9. The van der Waals surface area contributed by atoms with Crippen molar-refractivity contribution in [2.75, 3.05) is 71.2 Å². The minimum Gasteiger partial charge on any atom is -0.492 e. The number of likely N-dealkylation sites (N-methyl/N-ethyl adjacent to an activating group) is 2. The van der Waals surface area contributed by atoms with Crippen LogP contribution < -0.4 is 15.0 Å². The van der Waals surface area contributed by atoms with Gasteiger partial charge in [0.05, 0.1) is 12.1 Å². The third-order valence-corrected chi connectivity index (χ3v) is 5.57. The quantitative estimate of drug-likeness (QED) is 0.604. The number of rotatable bonds is 9. The molecule has 0 unspecified atom stereocenters. The van der Waals surface area contributed by atoms with Crippen LogP contribution in [0.5, 0.6) is 5.75 Å². The van der Waals surface area contributed by atoms with Crippen LogP contribution in [0.3, 0.4) is 0 Å². The van der Waals surface area contributed by atoms with E-state index in [1.807, 2.05) is 49.1 Å². The highest BCUT2D eigenvalue weighted by molar-refractivity contribution is 5.94. The first-order valence-corrected chi connectivity index (χ1v) is 10.9. The summed E-state index contributed by atoms with van der Waals surface area (Å²) in [5.74, 6) is 2.10. The highest BCUT2D eigenvalue weighted by Gasteiger charge is 2.36. The third-order valence-electron chi connectivity index (χ3n) is 5.57. The first-order valence-electron chi connectivity index (χ1n) is 10.9. The largest absolute Gasteiger partial charge is 0.492 e. The van der Waals surface area contributed by atoms with Gasteiger partial charge in [0, 0.05) is 45.4 Å². The number of hydrogen-bond acceptors (Lipinski definition) is 8. The van der Waals surface area contributed by atoms with Crippen LogP contribution in [0.25, 0.3) is 0 Å². The van der Waals surface area contributed by atoms with E-state index in [1.165, 1.54) is 6.33 Å². The number of nitrogens with one attached hydrogen (secondary N) is 1. The van der Waals surface area contributed by atoms with Crippen LogP contribution in [-0.2, 0) is 0 Å². The van der Waals surface area contributed by atoms with Crippen LogP contribution in [-0.4, -0.2) is 97.4 Å². The lowest BCUT2D eigenvalue weighted by Crippen LogP contribution is -2.54. The topological polar surface area (TPSA) is 94.1 Å². The van der Waals surface area contributed by atoms with Gasteiger partial charge in [0.15, 0.2) is 0 Å². The molecule has 1 aliphatic heterocycles. The van der Waals surface area contributed by atoms with Crippen LogP contribution in [0.1, 0.15) is 23.2 Å². The molecule has 1 aromatic carbocycles. The van der Waals surface area contributed by atoms with E-state index in [0.29, 0.717) is 25.1 Å². The Hall–Kier alpha value is -2.91. The van der Waals surface area contributed by atoms with Gasteiger partial charge < -0.3 is 29.9 Å². The summed E-state index contributed by atoms with van der Waals surface area (Å²) in [7, 11) is 7.52. The lowest BCUT2D eigenvalue weighted by atomic mass is 9.92. The number of carbonyl (C=O) groups excluding carboxylic acids is 1. The van der Waals surface area contributed by atoms with Gasteiger partial charge in [-0.05, 0) is 51.2 Å². The fourth-order valence-electron chi connectivity index (χ4n) is 3.87. The lowest BCUT2D eigenvalue weighted by Gasteiger charge is -2.41. The van der Waals surface area contributed by atoms with E-state index < -0.39 is 5.60 Å². The number of piperidine rings is 1. The molecule has 0 spiro atoms. The summed E-state index contributed by atoms with van der Waals surface area (Å²) in [5.41, 5.74) is -0.443. The maximum Gasteiger partial charge on any atom is 0.253 e. The molecule has 3 rings (SSSR count). The molecule has 1 saturated heterocycles. The van der Waals surface area contributed by atoms with Crippen LogP contribution in [0, 0.1) is 0 Å². The number of amides is 1. The van der Waals surface area contributed by atoms with Crippen molar-refractivity contribution in [1.29, 1.82) is 0 Å². The Kier molecular flexibility index (Phi) is 7.87. The number of hydrogen-bond donors (Lipinski definition) is 2. The molecule has 1 aromatic heterocycles. The molecule has 2 N–H and O–H groups in total. The van der Waals surface area contributed by atoms with Crippen LogP contribution in [0.2, 0.25) is 0 Å². The van der Waals surface area contributed by atoms with Crippen molar-refractivity contribution in [3.8, 4) is 5.75 Å². The first kappa shape index (κ1) is 23.7. The number of nitrogens with zero attached hydrogens (tertiary/aromatic N) is 5. The standard InChI is InChI=1S/C23H34N6O3/c1-24-20-14-21(26-17-25-20)29-11-5-10-23(31,16-29)15-28(4)22(30)18-6-8-19(9-7-18)32-13-12-27(2)3/h6-9,14,17,31H,5,10-13,15-16H2,1-4H3,(H,24,25,26)/t23-/m0/s1. The van der Waals surface area contributed by atoms with Gasteiger partial charge in [0.25, 0.3) is 5.91 Å². The summed E-state index contributed by atoms with van der Waals surface area (Å²) in [6.45, 7) is 2.86. The molecule has 0 aliphatic carbocycles. The Balaban J connectivity index is 1.59.